The summed E-state index contributed by atoms with van der Waals surface area (Å²) in [6, 6.07) is 18.3. The molecule has 4 aromatic rings. The van der Waals surface area contributed by atoms with E-state index in [1.807, 2.05) is 6.92 Å². The van der Waals surface area contributed by atoms with Crippen molar-refractivity contribution in [3.8, 4) is 0 Å². The van der Waals surface area contributed by atoms with E-state index in [1.165, 1.54) is 18.2 Å². The Morgan fingerprint density at radius 3 is 2.45 bits per heavy atom. The van der Waals surface area contributed by atoms with Crippen LogP contribution in [0.5, 0.6) is 0 Å². The van der Waals surface area contributed by atoms with Crippen LogP contribution in [0.2, 0.25) is 0 Å². The quantitative estimate of drug-likeness (QED) is 0.331. The highest BCUT2D eigenvalue weighted by Crippen LogP contribution is 2.26. The molecule has 11 heteroatoms. The van der Waals surface area contributed by atoms with E-state index >= 15 is 0 Å². The van der Waals surface area contributed by atoms with Crippen molar-refractivity contribution in [3.05, 3.63) is 96.2 Å². The first-order chi connectivity index (χ1) is 18.2. The van der Waals surface area contributed by atoms with E-state index in [4.69, 9.17) is 0 Å². The molecule has 0 saturated carbocycles. The number of halogens is 2. The molecule has 0 spiro atoms. The molecule has 1 aliphatic heterocycles. The predicted molar refractivity (Wildman–Crippen MR) is 141 cm³/mol. The number of hydrogen-bond acceptors (Lipinski definition) is 7. The van der Waals surface area contributed by atoms with E-state index in [0.717, 1.165) is 16.6 Å². The third-order valence-electron chi connectivity index (χ3n) is 6.48. The number of piperazine rings is 1. The van der Waals surface area contributed by atoms with Crippen molar-refractivity contribution in [1.29, 1.82) is 0 Å². The summed E-state index contributed by atoms with van der Waals surface area (Å²) in [6.07, 6.45) is 1.55. The lowest BCUT2D eigenvalue weighted by Crippen LogP contribution is -2.57. The first kappa shape index (κ1) is 26.0. The molecule has 1 aliphatic rings. The standard InChI is InChI=1S/C27H27F2N5O3S/c1-19-17-32(18-20-14-22(28)16-23(29)15-20)12-13-33(19)34(35)25-9-7-24(8-10-25)31-38(36,37)26-6-2-4-21-5-3-11-30-27(21)26/h2-11,14-16,19,31,35H,12-13,17-18H2,1H3/t19-/m0/s1. The number of rotatable bonds is 7. The number of hydrazine groups is 1. The third kappa shape index (κ3) is 5.60. The zero-order valence-electron chi connectivity index (χ0n) is 20.6. The van der Waals surface area contributed by atoms with Gasteiger partial charge in [-0.3, -0.25) is 19.8 Å². The third-order valence-corrected chi connectivity index (χ3v) is 7.90. The van der Waals surface area contributed by atoms with Gasteiger partial charge in [-0.05, 0) is 61.0 Å². The van der Waals surface area contributed by atoms with Gasteiger partial charge in [-0.1, -0.05) is 18.2 Å². The highest BCUT2D eigenvalue weighted by molar-refractivity contribution is 7.93. The maximum atomic E-state index is 13.5. The molecule has 0 bridgehead atoms. The van der Waals surface area contributed by atoms with Crippen LogP contribution in [-0.2, 0) is 16.6 Å². The summed E-state index contributed by atoms with van der Waals surface area (Å²) in [4.78, 5) is 6.37. The van der Waals surface area contributed by atoms with Gasteiger partial charge < -0.3 is 0 Å². The second-order valence-corrected chi connectivity index (χ2v) is 10.9. The highest BCUT2D eigenvalue weighted by atomic mass is 32.2. The molecule has 0 radical (unpaired) electrons. The molecule has 5 rings (SSSR count). The van der Waals surface area contributed by atoms with Crippen LogP contribution in [0.25, 0.3) is 10.9 Å². The minimum absolute atomic E-state index is 0.0798. The Morgan fingerprint density at radius 2 is 1.74 bits per heavy atom. The number of aromatic nitrogens is 1. The number of para-hydroxylation sites is 1. The normalized spacial score (nSPS) is 17.0. The van der Waals surface area contributed by atoms with Gasteiger partial charge in [0.1, 0.15) is 16.5 Å². The van der Waals surface area contributed by atoms with Gasteiger partial charge in [0, 0.05) is 55.6 Å². The summed E-state index contributed by atoms with van der Waals surface area (Å²) in [5.74, 6) is -1.21. The lowest BCUT2D eigenvalue weighted by Gasteiger charge is -2.43. The molecule has 0 aliphatic carbocycles. The highest BCUT2D eigenvalue weighted by Gasteiger charge is 2.28. The van der Waals surface area contributed by atoms with E-state index in [1.54, 1.807) is 59.7 Å². The molecule has 3 aromatic carbocycles. The van der Waals surface area contributed by atoms with Gasteiger partial charge in [0.05, 0.1) is 11.2 Å². The first-order valence-electron chi connectivity index (χ1n) is 12.1. The van der Waals surface area contributed by atoms with Crippen molar-refractivity contribution in [2.24, 2.45) is 0 Å². The Kier molecular flexibility index (Phi) is 7.26. The number of hydrogen-bond donors (Lipinski definition) is 2. The first-order valence-corrected chi connectivity index (χ1v) is 13.6. The average molecular weight is 540 g/mol. The maximum absolute atomic E-state index is 13.5. The molecule has 8 nitrogen and oxygen atoms in total. The van der Waals surface area contributed by atoms with Crippen molar-refractivity contribution in [3.63, 3.8) is 0 Å². The van der Waals surface area contributed by atoms with Crippen LogP contribution >= 0.6 is 0 Å². The lowest BCUT2D eigenvalue weighted by molar-refractivity contribution is -0.0124. The lowest BCUT2D eigenvalue weighted by atomic mass is 10.1. The molecular formula is C27H27F2N5O3S. The zero-order valence-corrected chi connectivity index (χ0v) is 21.4. The topological polar surface area (TPSA) is 89.0 Å². The fraction of sp³-hybridized carbons (Fsp3) is 0.222. The maximum Gasteiger partial charge on any atom is 0.264 e. The fourth-order valence-electron chi connectivity index (χ4n) is 4.72. The largest absolute Gasteiger partial charge is 0.296 e. The Bertz CT molecular complexity index is 1530. The van der Waals surface area contributed by atoms with Crippen molar-refractivity contribution >= 4 is 32.3 Å². The van der Waals surface area contributed by atoms with Gasteiger partial charge in [0.2, 0.25) is 0 Å². The second-order valence-electron chi connectivity index (χ2n) is 9.30. The van der Waals surface area contributed by atoms with Crippen LogP contribution in [0, 0.1) is 11.6 Å². The number of pyridine rings is 1. The second kappa shape index (κ2) is 10.6. The SMILES string of the molecule is C[C@H]1CN(Cc2cc(F)cc(F)c2)CCN1N(O)c1ccc(NS(=O)(=O)c2cccc3cccnc23)cc1. The minimum Gasteiger partial charge on any atom is -0.296 e. The molecule has 1 atom stereocenters. The van der Waals surface area contributed by atoms with Crippen LogP contribution < -0.4 is 9.89 Å². The monoisotopic (exact) mass is 539 g/mol. The summed E-state index contributed by atoms with van der Waals surface area (Å²) >= 11 is 0. The van der Waals surface area contributed by atoms with E-state index in [2.05, 4.69) is 14.6 Å². The molecular weight excluding hydrogens is 512 g/mol. The Hall–Kier alpha value is -3.64. The van der Waals surface area contributed by atoms with Crippen LogP contribution in [0.15, 0.2) is 83.9 Å². The number of sulfonamides is 1. The van der Waals surface area contributed by atoms with E-state index < -0.39 is 21.7 Å². The van der Waals surface area contributed by atoms with Gasteiger partial charge >= 0.3 is 0 Å². The molecule has 1 fully saturated rings. The van der Waals surface area contributed by atoms with Gasteiger partial charge in [-0.25, -0.2) is 17.2 Å². The smallest absolute Gasteiger partial charge is 0.264 e. The van der Waals surface area contributed by atoms with Crippen molar-refractivity contribution in [2.75, 3.05) is 29.5 Å². The van der Waals surface area contributed by atoms with Gasteiger partial charge in [0.15, 0.2) is 0 Å². The molecule has 2 N–H and O–H groups in total. The summed E-state index contributed by atoms with van der Waals surface area (Å²) in [5, 5.41) is 14.4. The molecule has 0 amide bonds. The predicted octanol–water partition coefficient (Wildman–Crippen LogP) is 4.63. The summed E-state index contributed by atoms with van der Waals surface area (Å²) in [6.45, 7) is 3.99. The van der Waals surface area contributed by atoms with Gasteiger partial charge in [-0.2, -0.15) is 10.2 Å². The fourth-order valence-corrected chi connectivity index (χ4v) is 5.96. The summed E-state index contributed by atoms with van der Waals surface area (Å²) in [5.41, 5.74) is 1.75. The molecule has 198 valence electrons. The van der Waals surface area contributed by atoms with Crippen molar-refractivity contribution in [2.45, 2.75) is 24.4 Å². The van der Waals surface area contributed by atoms with Crippen molar-refractivity contribution < 1.29 is 22.4 Å². The Morgan fingerprint density at radius 1 is 1.03 bits per heavy atom. The molecule has 2 heterocycles. The van der Waals surface area contributed by atoms with E-state index in [9.17, 15) is 22.4 Å². The molecule has 0 unspecified atom stereocenters. The molecule has 38 heavy (non-hydrogen) atoms. The Balaban J connectivity index is 1.24. The molecule has 1 aromatic heterocycles. The number of nitrogens with one attached hydrogen (secondary N) is 1. The van der Waals surface area contributed by atoms with Crippen LogP contribution in [0.4, 0.5) is 20.2 Å². The summed E-state index contributed by atoms with van der Waals surface area (Å²) in [7, 11) is -3.89. The van der Waals surface area contributed by atoms with Gasteiger partial charge in [-0.15, -0.1) is 0 Å². The number of fused-ring (bicyclic) bond motifs is 1. The average Bonchev–Trinajstić information content (AvgIpc) is 2.88. The summed E-state index contributed by atoms with van der Waals surface area (Å²) < 4.78 is 55.8. The van der Waals surface area contributed by atoms with Crippen LogP contribution in [0.1, 0.15) is 12.5 Å². The van der Waals surface area contributed by atoms with E-state index in [-0.39, 0.29) is 10.9 Å². The number of anilines is 2. The van der Waals surface area contributed by atoms with Crippen molar-refractivity contribution in [1.82, 2.24) is 14.9 Å². The van der Waals surface area contributed by atoms with Crippen LogP contribution in [0.3, 0.4) is 0 Å². The minimum atomic E-state index is -3.89. The van der Waals surface area contributed by atoms with E-state index in [0.29, 0.717) is 48.6 Å². The number of nitrogens with zero attached hydrogens (tertiary/aromatic N) is 4. The zero-order chi connectivity index (χ0) is 26.9. The molecule has 1 saturated heterocycles. The van der Waals surface area contributed by atoms with Crippen LogP contribution in [-0.4, -0.2) is 54.2 Å². The number of benzene rings is 3. The van der Waals surface area contributed by atoms with Gasteiger partial charge in [0.25, 0.3) is 10.0 Å². The Labute approximate surface area is 219 Å².